The van der Waals surface area contributed by atoms with E-state index in [9.17, 15) is 9.59 Å². The van der Waals surface area contributed by atoms with Crippen molar-refractivity contribution in [2.24, 2.45) is 0 Å². The number of nitrogens with zero attached hydrogens (tertiary/aromatic N) is 4. The largest absolute Gasteiger partial charge is 0.361 e. The Morgan fingerprint density at radius 1 is 1.29 bits per heavy atom. The van der Waals surface area contributed by atoms with Crippen LogP contribution in [0, 0.1) is 0 Å². The van der Waals surface area contributed by atoms with Gasteiger partial charge in [0.05, 0.1) is 11.6 Å². The zero-order valence-corrected chi connectivity index (χ0v) is 15.6. The molecule has 28 heavy (non-hydrogen) atoms. The number of H-pyrrole nitrogens is 1. The molecule has 1 aliphatic rings. The molecule has 5 rings (SSSR count). The average molecular weight is 375 g/mol. The fourth-order valence-corrected chi connectivity index (χ4v) is 4.25. The number of benzene rings is 1. The number of fused-ring (bicyclic) bond motifs is 2. The summed E-state index contributed by atoms with van der Waals surface area (Å²) in [6.45, 7) is 3.70. The fourth-order valence-electron chi connectivity index (χ4n) is 4.25. The van der Waals surface area contributed by atoms with Gasteiger partial charge in [-0.2, -0.15) is 0 Å². The van der Waals surface area contributed by atoms with E-state index in [4.69, 9.17) is 0 Å². The van der Waals surface area contributed by atoms with Crippen LogP contribution in [-0.2, 0) is 6.54 Å². The molecule has 3 aromatic heterocycles. The van der Waals surface area contributed by atoms with Gasteiger partial charge in [-0.3, -0.25) is 13.9 Å². The summed E-state index contributed by atoms with van der Waals surface area (Å²) in [4.78, 5) is 35.4. The van der Waals surface area contributed by atoms with Gasteiger partial charge in [-0.15, -0.1) is 0 Å². The molecule has 1 fully saturated rings. The van der Waals surface area contributed by atoms with Crippen molar-refractivity contribution in [1.29, 1.82) is 0 Å². The number of carbonyl (C=O) groups is 1. The van der Waals surface area contributed by atoms with Crippen molar-refractivity contribution in [2.75, 3.05) is 13.1 Å². The van der Waals surface area contributed by atoms with Crippen molar-refractivity contribution in [2.45, 2.75) is 25.9 Å². The van der Waals surface area contributed by atoms with Gasteiger partial charge in [0.25, 0.3) is 5.91 Å². The second-order valence-electron chi connectivity index (χ2n) is 7.22. The second-order valence-corrected chi connectivity index (χ2v) is 7.22. The van der Waals surface area contributed by atoms with Gasteiger partial charge >= 0.3 is 5.69 Å². The van der Waals surface area contributed by atoms with Crippen molar-refractivity contribution < 1.29 is 4.79 Å². The van der Waals surface area contributed by atoms with Gasteiger partial charge in [-0.1, -0.05) is 0 Å². The molecule has 4 heterocycles. The van der Waals surface area contributed by atoms with Gasteiger partial charge in [0, 0.05) is 48.5 Å². The molecular formula is C21H21N5O2. The number of amides is 1. The van der Waals surface area contributed by atoms with E-state index in [1.54, 1.807) is 15.3 Å². The molecule has 0 bridgehead atoms. The molecular weight excluding hydrogens is 354 g/mol. The van der Waals surface area contributed by atoms with Gasteiger partial charge in [-0.05, 0) is 49.7 Å². The maximum absolute atomic E-state index is 13.0. The van der Waals surface area contributed by atoms with Crippen LogP contribution in [0.5, 0.6) is 0 Å². The summed E-state index contributed by atoms with van der Waals surface area (Å²) in [5.74, 6) is 0.00541. The molecule has 0 spiro atoms. The maximum Gasteiger partial charge on any atom is 0.330 e. The van der Waals surface area contributed by atoms with E-state index in [1.807, 2.05) is 54.4 Å². The molecule has 1 aromatic carbocycles. The minimum absolute atomic E-state index is 0.00541. The fraction of sp³-hybridized carbons (Fsp3) is 0.286. The highest BCUT2D eigenvalue weighted by Gasteiger charge is 2.31. The first kappa shape index (κ1) is 16.8. The molecule has 4 aromatic rings. The average Bonchev–Trinajstić information content (AvgIpc) is 3.43. The van der Waals surface area contributed by atoms with Crippen LogP contribution in [-0.4, -0.2) is 43.0 Å². The second kappa shape index (κ2) is 6.37. The highest BCUT2D eigenvalue weighted by molar-refractivity contribution is 5.98. The highest BCUT2D eigenvalue weighted by Crippen LogP contribution is 2.26. The molecule has 0 saturated carbocycles. The molecule has 7 heteroatoms. The van der Waals surface area contributed by atoms with Crippen molar-refractivity contribution in [1.82, 2.24) is 24.0 Å². The van der Waals surface area contributed by atoms with Crippen LogP contribution in [0.25, 0.3) is 22.1 Å². The molecule has 0 radical (unpaired) electrons. The normalized spacial score (nSPS) is 17.0. The van der Waals surface area contributed by atoms with Crippen LogP contribution in [0.1, 0.15) is 29.7 Å². The Balaban J connectivity index is 1.46. The highest BCUT2D eigenvalue weighted by atomic mass is 16.2. The minimum atomic E-state index is -0.0577. The Kier molecular flexibility index (Phi) is 3.82. The molecule has 1 amide bonds. The standard InChI is InChI=1S/C21H21N5O2/c1-2-25-18-4-3-9-23-19(18)26(21(25)28)16-8-11-24(13-16)20(27)15-5-6-17-14(12-15)7-10-22-17/h3-7,9-10,12,16,22H,2,8,11,13H2,1H3/t16-/m1/s1. The number of imidazole rings is 1. The molecule has 0 unspecified atom stereocenters. The zero-order valence-electron chi connectivity index (χ0n) is 15.6. The molecule has 0 aliphatic carbocycles. The number of likely N-dealkylation sites (tertiary alicyclic amines) is 1. The summed E-state index contributed by atoms with van der Waals surface area (Å²) >= 11 is 0. The SMILES string of the molecule is CCn1c(=O)n([C@@H]2CCN(C(=O)c3ccc4[nH]ccc4c3)C2)c2ncccc21. The molecule has 1 saturated heterocycles. The number of nitrogens with one attached hydrogen (secondary N) is 1. The number of carbonyl (C=O) groups excluding carboxylic acids is 1. The number of hydrogen-bond donors (Lipinski definition) is 1. The molecule has 142 valence electrons. The van der Waals surface area contributed by atoms with E-state index in [1.165, 1.54) is 0 Å². The van der Waals surface area contributed by atoms with Gasteiger partial charge < -0.3 is 9.88 Å². The van der Waals surface area contributed by atoms with E-state index in [0.29, 0.717) is 30.8 Å². The lowest BCUT2D eigenvalue weighted by Crippen LogP contribution is -2.32. The number of aromatic amines is 1. The van der Waals surface area contributed by atoms with E-state index in [2.05, 4.69) is 9.97 Å². The summed E-state index contributed by atoms with van der Waals surface area (Å²) in [5, 5.41) is 1.02. The first-order valence-corrected chi connectivity index (χ1v) is 9.59. The van der Waals surface area contributed by atoms with Gasteiger partial charge in [-0.25, -0.2) is 9.78 Å². The van der Waals surface area contributed by atoms with E-state index in [0.717, 1.165) is 22.8 Å². The van der Waals surface area contributed by atoms with E-state index < -0.39 is 0 Å². The van der Waals surface area contributed by atoms with Crippen LogP contribution in [0.2, 0.25) is 0 Å². The zero-order chi connectivity index (χ0) is 19.3. The Labute approximate surface area is 161 Å². The third kappa shape index (κ3) is 2.46. The first-order valence-electron chi connectivity index (χ1n) is 9.59. The Bertz CT molecular complexity index is 1250. The van der Waals surface area contributed by atoms with Gasteiger partial charge in [0.15, 0.2) is 5.65 Å². The first-order chi connectivity index (χ1) is 13.7. The van der Waals surface area contributed by atoms with Gasteiger partial charge in [0.2, 0.25) is 0 Å². The van der Waals surface area contributed by atoms with Crippen LogP contribution in [0.3, 0.4) is 0 Å². The topological polar surface area (TPSA) is 75.9 Å². The lowest BCUT2D eigenvalue weighted by molar-refractivity contribution is 0.0788. The smallest absolute Gasteiger partial charge is 0.330 e. The summed E-state index contributed by atoms with van der Waals surface area (Å²) < 4.78 is 3.51. The quantitative estimate of drug-likeness (QED) is 0.598. The number of aromatic nitrogens is 4. The van der Waals surface area contributed by atoms with E-state index in [-0.39, 0.29) is 17.6 Å². The van der Waals surface area contributed by atoms with Crippen molar-refractivity contribution >= 4 is 28.0 Å². The predicted octanol–water partition coefficient (Wildman–Crippen LogP) is 2.79. The van der Waals surface area contributed by atoms with Crippen LogP contribution in [0.15, 0.2) is 53.6 Å². The molecule has 1 aliphatic heterocycles. The monoisotopic (exact) mass is 375 g/mol. The number of pyridine rings is 1. The van der Waals surface area contributed by atoms with Crippen LogP contribution >= 0.6 is 0 Å². The number of aryl methyl sites for hydroxylation is 1. The summed E-state index contributed by atoms with van der Waals surface area (Å²) in [6.07, 6.45) is 4.33. The number of rotatable bonds is 3. The lowest BCUT2D eigenvalue weighted by atomic mass is 10.1. The molecule has 7 nitrogen and oxygen atoms in total. The minimum Gasteiger partial charge on any atom is -0.361 e. The summed E-state index contributed by atoms with van der Waals surface area (Å²) in [6, 6.07) is 11.4. The number of hydrogen-bond acceptors (Lipinski definition) is 3. The Morgan fingerprint density at radius 2 is 2.18 bits per heavy atom. The lowest BCUT2D eigenvalue weighted by Gasteiger charge is -2.17. The van der Waals surface area contributed by atoms with Crippen LogP contribution in [0.4, 0.5) is 0 Å². The van der Waals surface area contributed by atoms with Crippen molar-refractivity contribution in [3.63, 3.8) is 0 Å². The third-order valence-electron chi connectivity index (χ3n) is 5.65. The summed E-state index contributed by atoms with van der Waals surface area (Å²) in [7, 11) is 0. The van der Waals surface area contributed by atoms with Crippen LogP contribution < -0.4 is 5.69 Å². The van der Waals surface area contributed by atoms with E-state index >= 15 is 0 Å². The third-order valence-corrected chi connectivity index (χ3v) is 5.65. The molecule has 1 N–H and O–H groups in total. The predicted molar refractivity (Wildman–Crippen MR) is 108 cm³/mol. The maximum atomic E-state index is 13.0. The van der Waals surface area contributed by atoms with Gasteiger partial charge in [0.1, 0.15) is 0 Å². The van der Waals surface area contributed by atoms with Crippen molar-refractivity contribution in [3.05, 3.63) is 64.8 Å². The summed E-state index contributed by atoms with van der Waals surface area (Å²) in [5.41, 5.74) is 3.18. The van der Waals surface area contributed by atoms with Crippen molar-refractivity contribution in [3.8, 4) is 0 Å². The Hall–Kier alpha value is -3.35. The Morgan fingerprint density at radius 3 is 3.04 bits per heavy atom. The molecule has 1 atom stereocenters.